The van der Waals surface area contributed by atoms with E-state index in [-0.39, 0.29) is 18.1 Å². The first-order chi connectivity index (χ1) is 14.6. The number of nitrogens with zero attached hydrogens (tertiary/aromatic N) is 1. The molecule has 0 fully saturated rings. The average molecular weight is 403 g/mol. The van der Waals surface area contributed by atoms with Gasteiger partial charge in [-0.25, -0.2) is 0 Å². The number of rotatable bonds is 8. The van der Waals surface area contributed by atoms with E-state index in [1.165, 1.54) is 0 Å². The highest BCUT2D eigenvalue weighted by atomic mass is 16.5. The highest BCUT2D eigenvalue weighted by molar-refractivity contribution is 6.08. The van der Waals surface area contributed by atoms with E-state index in [1.807, 2.05) is 30.3 Å². The molecule has 0 N–H and O–H groups in total. The fourth-order valence-corrected chi connectivity index (χ4v) is 3.31. The third-order valence-electron chi connectivity index (χ3n) is 4.92. The zero-order valence-electron chi connectivity index (χ0n) is 17.4. The van der Waals surface area contributed by atoms with Crippen LogP contribution in [0, 0.1) is 0 Å². The molecule has 5 heteroatoms. The van der Waals surface area contributed by atoms with Gasteiger partial charge in [0.05, 0.1) is 14.2 Å². The maximum absolute atomic E-state index is 13.6. The molecular formula is C25H25NO4. The van der Waals surface area contributed by atoms with Gasteiger partial charge in [0.15, 0.2) is 5.78 Å². The number of hydrogen-bond acceptors (Lipinski definition) is 4. The standard InChI is InChI=1S/C25H25NO4/c1-4-23(27)26(20-12-16-22(30-3)17-13-20)24(18-10-14-21(29-2)15-11-18)25(28)19-8-6-5-7-9-19/h5-17,24H,4H2,1-3H3. The summed E-state index contributed by atoms with van der Waals surface area (Å²) in [5.41, 5.74) is 1.88. The van der Waals surface area contributed by atoms with Gasteiger partial charge in [-0.2, -0.15) is 0 Å². The lowest BCUT2D eigenvalue weighted by atomic mass is 9.94. The molecule has 0 aromatic heterocycles. The minimum absolute atomic E-state index is 0.148. The van der Waals surface area contributed by atoms with Gasteiger partial charge in [-0.15, -0.1) is 0 Å². The Labute approximate surface area is 176 Å². The summed E-state index contributed by atoms with van der Waals surface area (Å²) in [7, 11) is 3.18. The molecule has 0 aliphatic heterocycles. The zero-order valence-corrected chi connectivity index (χ0v) is 17.4. The number of carbonyl (C=O) groups is 2. The van der Waals surface area contributed by atoms with Crippen molar-refractivity contribution in [3.63, 3.8) is 0 Å². The van der Waals surface area contributed by atoms with Crippen LogP contribution >= 0.6 is 0 Å². The predicted molar refractivity (Wildman–Crippen MR) is 117 cm³/mol. The van der Waals surface area contributed by atoms with Crippen LogP contribution < -0.4 is 14.4 Å². The van der Waals surface area contributed by atoms with Crippen molar-refractivity contribution >= 4 is 17.4 Å². The van der Waals surface area contributed by atoms with Gasteiger partial charge in [0, 0.05) is 17.7 Å². The first-order valence-corrected chi connectivity index (χ1v) is 9.78. The number of Topliss-reactive ketones (excluding diaryl/α,β-unsaturated/α-hetero) is 1. The number of amides is 1. The quantitative estimate of drug-likeness (QED) is 0.493. The Hall–Kier alpha value is -3.60. The molecule has 154 valence electrons. The molecule has 0 saturated heterocycles. The van der Waals surface area contributed by atoms with Crippen molar-refractivity contribution < 1.29 is 19.1 Å². The number of hydrogen-bond donors (Lipinski definition) is 0. The van der Waals surface area contributed by atoms with Gasteiger partial charge in [-0.3, -0.25) is 14.5 Å². The van der Waals surface area contributed by atoms with Gasteiger partial charge in [0.25, 0.3) is 0 Å². The van der Waals surface area contributed by atoms with Crippen molar-refractivity contribution in [2.24, 2.45) is 0 Å². The molecular weight excluding hydrogens is 378 g/mol. The number of ketones is 1. The van der Waals surface area contributed by atoms with Crippen LogP contribution in [-0.4, -0.2) is 25.9 Å². The predicted octanol–water partition coefficient (Wildman–Crippen LogP) is 5.07. The lowest BCUT2D eigenvalue weighted by Gasteiger charge is -2.31. The first kappa shape index (κ1) is 21.1. The van der Waals surface area contributed by atoms with Crippen LogP contribution in [0.25, 0.3) is 0 Å². The molecule has 0 spiro atoms. The molecule has 0 radical (unpaired) electrons. The molecule has 0 bridgehead atoms. The second-order valence-corrected chi connectivity index (χ2v) is 6.72. The lowest BCUT2D eigenvalue weighted by molar-refractivity contribution is -0.118. The first-order valence-electron chi connectivity index (χ1n) is 9.78. The monoisotopic (exact) mass is 403 g/mol. The van der Waals surface area contributed by atoms with Crippen LogP contribution in [0.4, 0.5) is 5.69 Å². The SMILES string of the molecule is CCC(=O)N(c1ccc(OC)cc1)C(C(=O)c1ccccc1)c1ccc(OC)cc1. The summed E-state index contributed by atoms with van der Waals surface area (Å²) in [5, 5.41) is 0. The molecule has 0 heterocycles. The van der Waals surface area contributed by atoms with Crippen molar-refractivity contribution in [2.45, 2.75) is 19.4 Å². The second-order valence-electron chi connectivity index (χ2n) is 6.72. The largest absolute Gasteiger partial charge is 0.497 e. The summed E-state index contributed by atoms with van der Waals surface area (Å²) in [6, 6.07) is 22.6. The van der Waals surface area contributed by atoms with Crippen LogP contribution in [0.15, 0.2) is 78.9 Å². The summed E-state index contributed by atoms with van der Waals surface area (Å²) in [4.78, 5) is 28.2. The average Bonchev–Trinajstić information content (AvgIpc) is 2.82. The van der Waals surface area contributed by atoms with E-state index in [9.17, 15) is 9.59 Å². The molecule has 5 nitrogen and oxygen atoms in total. The topological polar surface area (TPSA) is 55.8 Å². The third-order valence-corrected chi connectivity index (χ3v) is 4.92. The van der Waals surface area contributed by atoms with Crippen LogP contribution in [0.5, 0.6) is 11.5 Å². The van der Waals surface area contributed by atoms with E-state index >= 15 is 0 Å². The Balaban J connectivity index is 2.14. The number of ether oxygens (including phenoxy) is 2. The van der Waals surface area contributed by atoms with Gasteiger partial charge in [-0.05, 0) is 42.0 Å². The highest BCUT2D eigenvalue weighted by Gasteiger charge is 2.32. The molecule has 30 heavy (non-hydrogen) atoms. The molecule has 0 aliphatic rings. The normalized spacial score (nSPS) is 11.4. The van der Waals surface area contributed by atoms with Gasteiger partial charge < -0.3 is 9.47 Å². The number of methoxy groups -OCH3 is 2. The maximum atomic E-state index is 13.6. The molecule has 1 atom stereocenters. The van der Waals surface area contributed by atoms with Crippen molar-refractivity contribution in [3.8, 4) is 11.5 Å². The molecule has 1 amide bonds. The smallest absolute Gasteiger partial charge is 0.227 e. The highest BCUT2D eigenvalue weighted by Crippen LogP contribution is 2.33. The van der Waals surface area contributed by atoms with E-state index in [0.29, 0.717) is 28.3 Å². The minimum Gasteiger partial charge on any atom is -0.497 e. The van der Waals surface area contributed by atoms with Crippen LogP contribution in [0.3, 0.4) is 0 Å². The van der Waals surface area contributed by atoms with Crippen LogP contribution in [-0.2, 0) is 4.79 Å². The van der Waals surface area contributed by atoms with Crippen molar-refractivity contribution in [1.29, 1.82) is 0 Å². The Morgan fingerprint density at radius 3 is 1.83 bits per heavy atom. The fourth-order valence-electron chi connectivity index (χ4n) is 3.31. The molecule has 3 aromatic carbocycles. The Bertz CT molecular complexity index is 982. The number of anilines is 1. The lowest BCUT2D eigenvalue weighted by Crippen LogP contribution is -2.39. The van der Waals surface area contributed by atoms with Crippen molar-refractivity contribution in [3.05, 3.63) is 90.0 Å². The molecule has 3 aromatic rings. The van der Waals surface area contributed by atoms with Crippen molar-refractivity contribution in [1.82, 2.24) is 0 Å². The third kappa shape index (κ3) is 4.51. The Kier molecular flexibility index (Phi) is 6.86. The Morgan fingerprint density at radius 2 is 1.33 bits per heavy atom. The van der Waals surface area contributed by atoms with E-state index in [2.05, 4.69) is 0 Å². The number of carbonyl (C=O) groups excluding carboxylic acids is 2. The summed E-state index contributed by atoms with van der Waals surface area (Å²) in [5.74, 6) is 1.06. The van der Waals surface area contributed by atoms with Crippen molar-refractivity contribution in [2.75, 3.05) is 19.1 Å². The molecule has 0 saturated carbocycles. The summed E-state index contributed by atoms with van der Waals surface area (Å²) in [6.07, 6.45) is 0.265. The van der Waals surface area contributed by atoms with E-state index in [4.69, 9.17) is 9.47 Å². The minimum atomic E-state index is -0.806. The van der Waals surface area contributed by atoms with Gasteiger partial charge in [0.1, 0.15) is 17.5 Å². The van der Waals surface area contributed by atoms with Gasteiger partial charge in [-0.1, -0.05) is 49.4 Å². The molecule has 0 aliphatic carbocycles. The van der Waals surface area contributed by atoms with Gasteiger partial charge >= 0.3 is 0 Å². The molecule has 3 rings (SSSR count). The fraction of sp³-hybridized carbons (Fsp3) is 0.200. The van der Waals surface area contributed by atoms with E-state index < -0.39 is 6.04 Å². The zero-order chi connectivity index (χ0) is 21.5. The Morgan fingerprint density at radius 1 is 0.800 bits per heavy atom. The van der Waals surface area contributed by atoms with Crippen LogP contribution in [0.2, 0.25) is 0 Å². The van der Waals surface area contributed by atoms with Crippen LogP contribution in [0.1, 0.15) is 35.3 Å². The van der Waals surface area contributed by atoms with E-state index in [0.717, 1.165) is 0 Å². The maximum Gasteiger partial charge on any atom is 0.227 e. The molecule has 1 unspecified atom stereocenters. The summed E-state index contributed by atoms with van der Waals surface area (Å²) in [6.45, 7) is 1.79. The number of benzene rings is 3. The van der Waals surface area contributed by atoms with Gasteiger partial charge in [0.2, 0.25) is 5.91 Å². The second kappa shape index (κ2) is 9.74. The summed E-state index contributed by atoms with van der Waals surface area (Å²) >= 11 is 0. The van der Waals surface area contributed by atoms with E-state index in [1.54, 1.807) is 74.6 Å². The summed E-state index contributed by atoms with van der Waals surface area (Å²) < 4.78 is 10.5.